The molecule has 0 aliphatic rings. The number of pyridine rings is 2. The molecule has 2 N–H and O–H groups in total. The Hall–Kier alpha value is -3.55. The number of rotatable bonds is 3. The van der Waals surface area contributed by atoms with Gasteiger partial charge in [0.15, 0.2) is 0 Å². The molecule has 0 aliphatic carbocycles. The average Bonchev–Trinajstić information content (AvgIpc) is 2.53. The van der Waals surface area contributed by atoms with Crippen molar-refractivity contribution in [2.75, 3.05) is 5.32 Å². The molecule has 8 heteroatoms. The second-order valence-corrected chi connectivity index (χ2v) is 5.15. The Morgan fingerprint density at radius 2 is 2.04 bits per heavy atom. The van der Waals surface area contributed by atoms with Gasteiger partial charge in [0, 0.05) is 34.8 Å². The fourth-order valence-corrected chi connectivity index (χ4v) is 2.34. The highest BCUT2D eigenvalue weighted by Crippen LogP contribution is 2.22. The summed E-state index contributed by atoms with van der Waals surface area (Å²) in [5.74, 6) is -0.233. The lowest BCUT2D eigenvalue weighted by atomic mass is 10.1. The van der Waals surface area contributed by atoms with Crippen molar-refractivity contribution < 1.29 is 9.72 Å². The third-order valence-electron chi connectivity index (χ3n) is 3.41. The number of hydrogen-bond donors (Lipinski definition) is 2. The Labute approximate surface area is 135 Å². The van der Waals surface area contributed by atoms with Crippen LogP contribution in [0, 0.1) is 17.0 Å². The Balaban J connectivity index is 2.09. The van der Waals surface area contributed by atoms with E-state index in [4.69, 9.17) is 0 Å². The van der Waals surface area contributed by atoms with Gasteiger partial charge in [0.2, 0.25) is 5.56 Å². The first-order valence-corrected chi connectivity index (χ1v) is 7.00. The molecule has 2 heterocycles. The third kappa shape index (κ3) is 2.98. The standard InChI is InChI=1S/C16H12N4O4/c1-9-3-2-4-14(17-9)19-16(22)12-8-15(21)18-13-6-5-10(20(23)24)7-11(12)13/h2-8H,1H3,(H,18,21)(H,17,19,22). The first-order valence-electron chi connectivity index (χ1n) is 7.00. The molecule has 0 atom stereocenters. The number of fused-ring (bicyclic) bond motifs is 1. The number of nitro benzene ring substituents is 1. The fraction of sp³-hybridized carbons (Fsp3) is 0.0625. The zero-order valence-corrected chi connectivity index (χ0v) is 12.6. The van der Waals surface area contributed by atoms with E-state index < -0.39 is 16.4 Å². The number of non-ortho nitro benzene ring substituents is 1. The number of amides is 1. The molecule has 0 saturated carbocycles. The lowest BCUT2D eigenvalue weighted by molar-refractivity contribution is -0.384. The van der Waals surface area contributed by atoms with Crippen LogP contribution in [0.4, 0.5) is 11.5 Å². The van der Waals surface area contributed by atoms with Gasteiger partial charge < -0.3 is 10.3 Å². The van der Waals surface area contributed by atoms with Crippen LogP contribution in [0.15, 0.2) is 47.3 Å². The topological polar surface area (TPSA) is 118 Å². The molecule has 0 bridgehead atoms. The Morgan fingerprint density at radius 3 is 2.75 bits per heavy atom. The van der Waals surface area contributed by atoms with Crippen molar-refractivity contribution in [2.24, 2.45) is 0 Å². The highest BCUT2D eigenvalue weighted by Gasteiger charge is 2.16. The van der Waals surface area contributed by atoms with Crippen LogP contribution in [0.1, 0.15) is 16.1 Å². The number of aryl methyl sites for hydroxylation is 1. The molecule has 8 nitrogen and oxygen atoms in total. The van der Waals surface area contributed by atoms with Crippen LogP contribution in [0.25, 0.3) is 10.9 Å². The number of benzene rings is 1. The van der Waals surface area contributed by atoms with Crippen molar-refractivity contribution in [1.82, 2.24) is 9.97 Å². The molecule has 0 aliphatic heterocycles. The summed E-state index contributed by atoms with van der Waals surface area (Å²) in [6, 6.07) is 10.2. The lowest BCUT2D eigenvalue weighted by Gasteiger charge is -2.08. The van der Waals surface area contributed by atoms with E-state index >= 15 is 0 Å². The van der Waals surface area contributed by atoms with Crippen molar-refractivity contribution in [1.29, 1.82) is 0 Å². The molecule has 1 aromatic carbocycles. The first-order chi connectivity index (χ1) is 11.4. The van der Waals surface area contributed by atoms with Crippen molar-refractivity contribution in [3.8, 4) is 0 Å². The summed E-state index contributed by atoms with van der Waals surface area (Å²) in [5.41, 5.74) is 0.464. The number of anilines is 1. The molecular weight excluding hydrogens is 312 g/mol. The fourth-order valence-electron chi connectivity index (χ4n) is 2.34. The highest BCUT2D eigenvalue weighted by atomic mass is 16.6. The zero-order chi connectivity index (χ0) is 17.3. The van der Waals surface area contributed by atoms with E-state index in [1.54, 1.807) is 25.1 Å². The number of H-pyrrole nitrogens is 1. The molecule has 0 fully saturated rings. The number of aromatic nitrogens is 2. The largest absolute Gasteiger partial charge is 0.322 e. The maximum Gasteiger partial charge on any atom is 0.270 e. The van der Waals surface area contributed by atoms with Crippen LogP contribution in [-0.4, -0.2) is 20.8 Å². The van der Waals surface area contributed by atoms with Gasteiger partial charge in [-0.15, -0.1) is 0 Å². The summed E-state index contributed by atoms with van der Waals surface area (Å²) in [6.45, 7) is 1.78. The summed E-state index contributed by atoms with van der Waals surface area (Å²) in [4.78, 5) is 41.3. The summed E-state index contributed by atoms with van der Waals surface area (Å²) < 4.78 is 0. The Morgan fingerprint density at radius 1 is 1.25 bits per heavy atom. The number of nitrogens with zero attached hydrogens (tertiary/aromatic N) is 2. The molecule has 120 valence electrons. The molecule has 0 saturated heterocycles. The van der Waals surface area contributed by atoms with Gasteiger partial charge >= 0.3 is 0 Å². The highest BCUT2D eigenvalue weighted by molar-refractivity contribution is 6.12. The van der Waals surface area contributed by atoms with Crippen molar-refractivity contribution >= 4 is 28.3 Å². The summed E-state index contributed by atoms with van der Waals surface area (Å²) in [6.07, 6.45) is 0. The number of carbonyl (C=O) groups excluding carboxylic acids is 1. The van der Waals surface area contributed by atoms with Crippen LogP contribution < -0.4 is 10.9 Å². The minimum atomic E-state index is -0.565. The molecule has 0 spiro atoms. The van der Waals surface area contributed by atoms with Crippen LogP contribution >= 0.6 is 0 Å². The van der Waals surface area contributed by atoms with Crippen LogP contribution in [0.5, 0.6) is 0 Å². The number of aromatic amines is 1. The van der Waals surface area contributed by atoms with Gasteiger partial charge in [0.1, 0.15) is 5.82 Å². The summed E-state index contributed by atoms with van der Waals surface area (Å²) in [7, 11) is 0. The summed E-state index contributed by atoms with van der Waals surface area (Å²) in [5, 5.41) is 13.8. The average molecular weight is 324 g/mol. The maximum atomic E-state index is 12.5. The zero-order valence-electron chi connectivity index (χ0n) is 12.6. The number of carbonyl (C=O) groups is 1. The molecular formula is C16H12N4O4. The van der Waals surface area contributed by atoms with Crippen molar-refractivity contribution in [3.05, 3.63) is 74.2 Å². The maximum absolute atomic E-state index is 12.5. The third-order valence-corrected chi connectivity index (χ3v) is 3.41. The second-order valence-electron chi connectivity index (χ2n) is 5.15. The predicted octanol–water partition coefficient (Wildman–Crippen LogP) is 2.39. The van der Waals surface area contributed by atoms with E-state index in [0.717, 1.165) is 11.8 Å². The molecule has 3 aromatic rings. The number of hydrogen-bond acceptors (Lipinski definition) is 5. The van der Waals surface area contributed by atoms with E-state index in [9.17, 15) is 19.7 Å². The van der Waals surface area contributed by atoms with Crippen molar-refractivity contribution in [3.63, 3.8) is 0 Å². The van der Waals surface area contributed by atoms with Gasteiger partial charge in [-0.05, 0) is 25.1 Å². The lowest BCUT2D eigenvalue weighted by Crippen LogP contribution is -2.17. The number of nitrogens with one attached hydrogen (secondary N) is 2. The van der Waals surface area contributed by atoms with E-state index in [-0.39, 0.29) is 16.6 Å². The minimum Gasteiger partial charge on any atom is -0.322 e. The Bertz CT molecular complexity index is 1030. The number of nitro groups is 1. The van der Waals surface area contributed by atoms with Gasteiger partial charge in [-0.2, -0.15) is 0 Å². The smallest absolute Gasteiger partial charge is 0.270 e. The molecule has 2 aromatic heterocycles. The van der Waals surface area contributed by atoms with Crippen LogP contribution in [0.3, 0.4) is 0 Å². The van der Waals surface area contributed by atoms with Gasteiger partial charge in [0.05, 0.1) is 10.5 Å². The predicted molar refractivity (Wildman–Crippen MR) is 88.2 cm³/mol. The molecule has 3 rings (SSSR count). The van der Waals surface area contributed by atoms with Gasteiger partial charge in [-0.25, -0.2) is 4.98 Å². The van der Waals surface area contributed by atoms with E-state index in [1.807, 2.05) is 0 Å². The van der Waals surface area contributed by atoms with E-state index in [0.29, 0.717) is 11.3 Å². The SMILES string of the molecule is Cc1cccc(NC(=O)c2cc(=O)[nH]c3ccc([N+](=O)[O-])cc23)n1. The van der Waals surface area contributed by atoms with Crippen LogP contribution in [-0.2, 0) is 0 Å². The van der Waals surface area contributed by atoms with Crippen molar-refractivity contribution in [2.45, 2.75) is 6.92 Å². The second kappa shape index (κ2) is 5.92. The minimum absolute atomic E-state index is 0.0424. The van der Waals surface area contributed by atoms with Gasteiger partial charge in [-0.3, -0.25) is 19.7 Å². The van der Waals surface area contributed by atoms with Gasteiger partial charge in [0.25, 0.3) is 11.6 Å². The molecule has 1 amide bonds. The molecule has 24 heavy (non-hydrogen) atoms. The normalized spacial score (nSPS) is 10.5. The quantitative estimate of drug-likeness (QED) is 0.566. The van der Waals surface area contributed by atoms with Crippen LogP contribution in [0.2, 0.25) is 0 Å². The first kappa shape index (κ1) is 15.3. The monoisotopic (exact) mass is 324 g/mol. The van der Waals surface area contributed by atoms with E-state index in [1.165, 1.54) is 18.2 Å². The molecule has 0 radical (unpaired) electrons. The van der Waals surface area contributed by atoms with Gasteiger partial charge in [-0.1, -0.05) is 6.07 Å². The van der Waals surface area contributed by atoms with E-state index in [2.05, 4.69) is 15.3 Å². The summed E-state index contributed by atoms with van der Waals surface area (Å²) >= 11 is 0. The Kier molecular flexibility index (Phi) is 3.78. The molecule has 0 unspecified atom stereocenters.